The number of urea groups is 1. The molecule has 0 saturated carbocycles. The average molecular weight is 491 g/mol. The van der Waals surface area contributed by atoms with Crippen molar-refractivity contribution >= 4 is 40.1 Å². The van der Waals surface area contributed by atoms with E-state index < -0.39 is 23.9 Å². The maximum absolute atomic E-state index is 14.9. The van der Waals surface area contributed by atoms with Crippen LogP contribution in [0.5, 0.6) is 11.5 Å². The second kappa shape index (κ2) is 9.68. The Hall–Kier alpha value is -3.66. The van der Waals surface area contributed by atoms with Crippen molar-refractivity contribution < 1.29 is 27.8 Å². The van der Waals surface area contributed by atoms with Crippen molar-refractivity contribution in [3.63, 3.8) is 0 Å². The molecule has 1 atom stereocenters. The molecule has 1 aliphatic rings. The van der Waals surface area contributed by atoms with Crippen LogP contribution < -0.4 is 20.5 Å². The fourth-order valence-electron chi connectivity index (χ4n) is 3.68. The predicted molar refractivity (Wildman–Crippen MR) is 123 cm³/mol. The van der Waals surface area contributed by atoms with Crippen LogP contribution in [-0.2, 0) is 6.61 Å². The zero-order chi connectivity index (χ0) is 24.4. The molecule has 0 spiro atoms. The van der Waals surface area contributed by atoms with Gasteiger partial charge in [0.1, 0.15) is 29.3 Å². The van der Waals surface area contributed by atoms with E-state index in [0.29, 0.717) is 16.7 Å². The molecular formula is C23H21ClF2N4O4. The van der Waals surface area contributed by atoms with Gasteiger partial charge in [-0.3, -0.25) is 9.78 Å². The second-order valence-electron chi connectivity index (χ2n) is 7.69. The van der Waals surface area contributed by atoms with Crippen LogP contribution in [0.15, 0.2) is 36.5 Å². The topological polar surface area (TPSA) is 107 Å². The van der Waals surface area contributed by atoms with Gasteiger partial charge in [0.15, 0.2) is 5.82 Å². The van der Waals surface area contributed by atoms with E-state index in [0.717, 1.165) is 0 Å². The molecule has 1 aliphatic heterocycles. The first-order chi connectivity index (χ1) is 16.3. The highest BCUT2D eigenvalue weighted by Gasteiger charge is 2.26. The lowest BCUT2D eigenvalue weighted by molar-refractivity contribution is 0.0997. The smallest absolute Gasteiger partial charge is 0.321 e. The number of aromatic nitrogens is 1. The fraction of sp³-hybridized carbons (Fsp3) is 0.261. The summed E-state index contributed by atoms with van der Waals surface area (Å²) in [6.07, 6.45) is 0.703. The van der Waals surface area contributed by atoms with Crippen molar-refractivity contribution in [1.82, 2.24) is 9.88 Å². The summed E-state index contributed by atoms with van der Waals surface area (Å²) in [6.45, 7) is 0.0792. The minimum atomic E-state index is -1.07. The summed E-state index contributed by atoms with van der Waals surface area (Å²) in [5.41, 5.74) is 6.29. The maximum Gasteiger partial charge on any atom is 0.321 e. The highest BCUT2D eigenvalue weighted by molar-refractivity contribution is 6.33. The standard InChI is InChI=1S/C23H21ClF2N4O4/c1-33-19-9-17-14(8-15(19)22(27)31)18(4-6-28-17)34-11-12-2-3-16(20(24)21(12)26)29-23(32)30-7-5-13(25)10-30/h2-4,6,8-9,13H,5,7,10-11H2,1H3,(H2,27,31)(H,29,32)/t13-/m1/s1. The summed E-state index contributed by atoms with van der Waals surface area (Å²) in [4.78, 5) is 29.6. The van der Waals surface area contributed by atoms with Crippen molar-refractivity contribution in [2.24, 2.45) is 5.73 Å². The van der Waals surface area contributed by atoms with Gasteiger partial charge in [-0.25, -0.2) is 13.6 Å². The van der Waals surface area contributed by atoms with E-state index in [1.165, 1.54) is 36.4 Å². The molecule has 3 N–H and O–H groups in total. The van der Waals surface area contributed by atoms with Gasteiger partial charge in [-0.15, -0.1) is 0 Å². The minimum absolute atomic E-state index is 0.0128. The van der Waals surface area contributed by atoms with E-state index in [4.69, 9.17) is 26.8 Å². The number of halogens is 3. The summed E-state index contributed by atoms with van der Waals surface area (Å²) >= 11 is 6.13. The molecule has 1 saturated heterocycles. The molecule has 4 rings (SSSR count). The molecule has 0 aliphatic carbocycles. The van der Waals surface area contributed by atoms with E-state index >= 15 is 0 Å². The van der Waals surface area contributed by atoms with Crippen LogP contribution in [0, 0.1) is 5.82 Å². The molecule has 0 unspecified atom stereocenters. The average Bonchev–Trinajstić information content (AvgIpc) is 3.27. The fourth-order valence-corrected chi connectivity index (χ4v) is 3.92. The first-order valence-corrected chi connectivity index (χ1v) is 10.7. The number of amides is 3. The molecule has 2 aromatic carbocycles. The van der Waals surface area contributed by atoms with Gasteiger partial charge in [0, 0.05) is 29.8 Å². The largest absolute Gasteiger partial charge is 0.496 e. The number of nitrogens with zero attached hydrogens (tertiary/aromatic N) is 2. The van der Waals surface area contributed by atoms with Crippen LogP contribution in [0.2, 0.25) is 5.02 Å². The number of alkyl halides is 1. The van der Waals surface area contributed by atoms with Gasteiger partial charge in [0.25, 0.3) is 5.91 Å². The highest BCUT2D eigenvalue weighted by atomic mass is 35.5. The summed E-state index contributed by atoms with van der Waals surface area (Å²) < 4.78 is 39.2. The number of primary amides is 1. The van der Waals surface area contributed by atoms with Crippen molar-refractivity contribution in [2.75, 3.05) is 25.5 Å². The van der Waals surface area contributed by atoms with E-state index in [1.54, 1.807) is 12.1 Å². The summed E-state index contributed by atoms with van der Waals surface area (Å²) in [5.74, 6) is -0.823. The highest BCUT2D eigenvalue weighted by Crippen LogP contribution is 2.32. The molecule has 3 amide bonds. The summed E-state index contributed by atoms with van der Waals surface area (Å²) in [5, 5.41) is 2.71. The number of anilines is 1. The predicted octanol–water partition coefficient (Wildman–Crippen LogP) is 4.29. The first-order valence-electron chi connectivity index (χ1n) is 10.3. The molecule has 0 bridgehead atoms. The second-order valence-corrected chi connectivity index (χ2v) is 8.07. The number of nitrogens with two attached hydrogens (primary N) is 1. The van der Waals surface area contributed by atoms with Crippen molar-refractivity contribution in [3.05, 3.63) is 58.5 Å². The third-order valence-electron chi connectivity index (χ3n) is 5.49. The molecule has 2 heterocycles. The number of ether oxygens (including phenoxy) is 2. The van der Waals surface area contributed by atoms with Crippen molar-refractivity contribution in [3.8, 4) is 11.5 Å². The lowest BCUT2D eigenvalue weighted by Crippen LogP contribution is -2.33. The maximum atomic E-state index is 14.9. The molecule has 11 heteroatoms. The number of hydrogen-bond acceptors (Lipinski definition) is 5. The zero-order valence-electron chi connectivity index (χ0n) is 18.1. The number of benzene rings is 2. The number of nitrogens with one attached hydrogen (secondary N) is 1. The van der Waals surface area contributed by atoms with Crippen molar-refractivity contribution in [2.45, 2.75) is 19.2 Å². The van der Waals surface area contributed by atoms with Gasteiger partial charge in [-0.1, -0.05) is 17.7 Å². The number of hydrogen-bond donors (Lipinski definition) is 2. The van der Waals surface area contributed by atoms with Gasteiger partial charge >= 0.3 is 6.03 Å². The Morgan fingerprint density at radius 3 is 2.76 bits per heavy atom. The van der Waals surface area contributed by atoms with Crippen LogP contribution in [0.4, 0.5) is 19.3 Å². The molecule has 178 valence electrons. The Morgan fingerprint density at radius 1 is 1.29 bits per heavy atom. The molecule has 34 heavy (non-hydrogen) atoms. The Bertz CT molecular complexity index is 1270. The Kier molecular flexibility index (Phi) is 6.69. The summed E-state index contributed by atoms with van der Waals surface area (Å²) in [7, 11) is 1.41. The van der Waals surface area contributed by atoms with E-state index in [9.17, 15) is 18.4 Å². The Balaban J connectivity index is 1.53. The van der Waals surface area contributed by atoms with Crippen LogP contribution in [0.3, 0.4) is 0 Å². The summed E-state index contributed by atoms with van der Waals surface area (Å²) in [6, 6.07) is 6.96. The normalized spacial score (nSPS) is 15.4. The number of rotatable bonds is 6. The molecular weight excluding hydrogens is 470 g/mol. The van der Waals surface area contributed by atoms with Gasteiger partial charge in [0.05, 0.1) is 30.4 Å². The SMILES string of the molecule is COc1cc2nccc(OCc3ccc(NC(=O)N4CC[C@@H](F)C4)c(Cl)c3F)c2cc1C(N)=O. The van der Waals surface area contributed by atoms with E-state index in [1.807, 2.05) is 0 Å². The number of methoxy groups -OCH3 is 1. The minimum Gasteiger partial charge on any atom is -0.496 e. The van der Waals surface area contributed by atoms with E-state index in [-0.39, 0.29) is 53.7 Å². The number of fused-ring (bicyclic) bond motifs is 1. The number of carbonyl (C=O) groups excluding carboxylic acids is 2. The zero-order valence-corrected chi connectivity index (χ0v) is 18.9. The van der Waals surface area contributed by atoms with Gasteiger partial charge < -0.3 is 25.4 Å². The van der Waals surface area contributed by atoms with Crippen molar-refractivity contribution in [1.29, 1.82) is 0 Å². The van der Waals surface area contributed by atoms with Crippen LogP contribution in [-0.4, -0.2) is 48.2 Å². The molecule has 0 radical (unpaired) electrons. The van der Waals surface area contributed by atoms with Crippen LogP contribution in [0.1, 0.15) is 22.3 Å². The molecule has 1 aromatic heterocycles. The van der Waals surface area contributed by atoms with Crippen LogP contribution >= 0.6 is 11.6 Å². The third kappa shape index (κ3) is 4.67. The number of pyridine rings is 1. The number of likely N-dealkylation sites (tertiary alicyclic amines) is 1. The first kappa shape index (κ1) is 23.5. The quantitative estimate of drug-likeness (QED) is 0.536. The van der Waals surface area contributed by atoms with Gasteiger partial charge in [-0.05, 0) is 24.6 Å². The van der Waals surface area contributed by atoms with Crippen LogP contribution in [0.25, 0.3) is 10.9 Å². The van der Waals surface area contributed by atoms with Gasteiger partial charge in [0.2, 0.25) is 0 Å². The molecule has 1 fully saturated rings. The van der Waals surface area contributed by atoms with Gasteiger partial charge in [-0.2, -0.15) is 0 Å². The Morgan fingerprint density at radius 2 is 2.09 bits per heavy atom. The molecule has 8 nitrogen and oxygen atoms in total. The lowest BCUT2D eigenvalue weighted by atomic mass is 10.1. The lowest BCUT2D eigenvalue weighted by Gasteiger charge is -2.18. The Labute approximate surface area is 198 Å². The monoisotopic (exact) mass is 490 g/mol. The third-order valence-corrected chi connectivity index (χ3v) is 5.86. The van der Waals surface area contributed by atoms with E-state index in [2.05, 4.69) is 10.3 Å². The number of carbonyl (C=O) groups is 2. The molecule has 3 aromatic rings.